The third-order valence-electron chi connectivity index (χ3n) is 2.83. The number of phenolic OH excluding ortho intramolecular Hbond substituents is 2. The molecule has 20 heavy (non-hydrogen) atoms. The van der Waals surface area contributed by atoms with E-state index in [1.165, 1.54) is 36.4 Å². The summed E-state index contributed by atoms with van der Waals surface area (Å²) in [7, 11) is 0. The lowest BCUT2D eigenvalue weighted by Gasteiger charge is -2.05. The van der Waals surface area contributed by atoms with Gasteiger partial charge in [-0.1, -0.05) is 0 Å². The molecule has 0 aliphatic carbocycles. The summed E-state index contributed by atoms with van der Waals surface area (Å²) in [5.41, 5.74) is 0.412. The van der Waals surface area contributed by atoms with E-state index in [0.717, 1.165) is 0 Å². The highest BCUT2D eigenvalue weighted by Gasteiger charge is 2.13. The highest BCUT2D eigenvalue weighted by Crippen LogP contribution is 2.21. The number of rotatable bonds is 4. The molecule has 0 saturated carbocycles. The molecule has 0 aliphatic heterocycles. The Hall–Kier alpha value is -2.95. The second kappa shape index (κ2) is 5.36. The normalized spacial score (nSPS) is 10.0. The number of carbonyl (C=O) groups is 3. The fourth-order valence-electron chi connectivity index (χ4n) is 1.75. The molecule has 100 valence electrons. The first-order valence-electron chi connectivity index (χ1n) is 5.68. The number of carbonyl (C=O) groups excluding carboxylic acids is 3. The Bertz CT molecular complexity index is 644. The van der Waals surface area contributed by atoms with Gasteiger partial charge in [-0.25, -0.2) is 0 Å². The maximum atomic E-state index is 12.2. The summed E-state index contributed by atoms with van der Waals surface area (Å²) >= 11 is 0. The Kier molecular flexibility index (Phi) is 3.61. The number of phenols is 2. The molecule has 0 heterocycles. The largest absolute Gasteiger partial charge is 0.507 e. The minimum atomic E-state index is -0.420. The smallest absolute Gasteiger partial charge is 0.193 e. The minimum absolute atomic E-state index is 0.00485. The summed E-state index contributed by atoms with van der Waals surface area (Å²) in [6, 6.07) is 7.77. The molecule has 0 atom stereocenters. The fourth-order valence-corrected chi connectivity index (χ4v) is 1.75. The van der Waals surface area contributed by atoms with E-state index in [-0.39, 0.29) is 33.8 Å². The Morgan fingerprint density at radius 2 is 1.20 bits per heavy atom. The van der Waals surface area contributed by atoms with Crippen LogP contribution in [0.2, 0.25) is 0 Å². The number of benzene rings is 2. The Morgan fingerprint density at radius 1 is 0.800 bits per heavy atom. The van der Waals surface area contributed by atoms with Gasteiger partial charge in [-0.15, -0.1) is 0 Å². The molecule has 0 saturated heterocycles. The van der Waals surface area contributed by atoms with Crippen molar-refractivity contribution >= 4 is 18.4 Å². The zero-order valence-electron chi connectivity index (χ0n) is 10.2. The average Bonchev–Trinajstić information content (AvgIpc) is 2.47. The van der Waals surface area contributed by atoms with E-state index in [2.05, 4.69) is 0 Å². The maximum absolute atomic E-state index is 12.2. The fraction of sp³-hybridized carbons (Fsp3) is 0. The summed E-state index contributed by atoms with van der Waals surface area (Å²) in [4.78, 5) is 33.7. The highest BCUT2D eigenvalue weighted by molar-refractivity contribution is 6.10. The van der Waals surface area contributed by atoms with Crippen LogP contribution in [0.15, 0.2) is 36.4 Å². The van der Waals surface area contributed by atoms with Crippen LogP contribution >= 0.6 is 0 Å². The van der Waals surface area contributed by atoms with Crippen molar-refractivity contribution in [1.29, 1.82) is 0 Å². The van der Waals surface area contributed by atoms with Crippen LogP contribution in [0.1, 0.15) is 36.6 Å². The van der Waals surface area contributed by atoms with E-state index in [4.69, 9.17) is 0 Å². The molecule has 0 fully saturated rings. The first kappa shape index (κ1) is 13.5. The molecule has 0 spiro atoms. The number of hydrogen-bond donors (Lipinski definition) is 2. The standard InChI is InChI=1S/C15H10O5/c16-7-11-5-9(1-3-13(11)18)15(20)10-2-4-14(19)12(6-10)8-17/h1-8,18-19H. The molecular weight excluding hydrogens is 260 g/mol. The molecule has 2 aromatic carbocycles. The highest BCUT2D eigenvalue weighted by atomic mass is 16.3. The summed E-state index contributed by atoms with van der Waals surface area (Å²) in [6.07, 6.45) is 0.888. The molecule has 0 aromatic heterocycles. The SMILES string of the molecule is O=Cc1cc(C(=O)c2ccc(O)c(C=O)c2)ccc1O. The summed E-state index contributed by atoms with van der Waals surface area (Å²) in [6.45, 7) is 0. The van der Waals surface area contributed by atoms with Gasteiger partial charge >= 0.3 is 0 Å². The van der Waals surface area contributed by atoms with E-state index in [0.29, 0.717) is 12.6 Å². The van der Waals surface area contributed by atoms with E-state index < -0.39 is 5.78 Å². The third-order valence-corrected chi connectivity index (χ3v) is 2.83. The first-order valence-corrected chi connectivity index (χ1v) is 5.68. The van der Waals surface area contributed by atoms with Crippen LogP contribution in [0, 0.1) is 0 Å². The lowest BCUT2D eigenvalue weighted by atomic mass is 9.99. The van der Waals surface area contributed by atoms with Gasteiger partial charge in [0.25, 0.3) is 0 Å². The molecule has 2 rings (SSSR count). The minimum Gasteiger partial charge on any atom is -0.507 e. The van der Waals surface area contributed by atoms with Gasteiger partial charge in [0.2, 0.25) is 0 Å². The quantitative estimate of drug-likeness (QED) is 0.654. The summed E-state index contributed by atoms with van der Waals surface area (Å²) in [5, 5.41) is 18.8. The molecule has 2 aromatic rings. The second-order valence-corrected chi connectivity index (χ2v) is 4.11. The Balaban J connectivity index is 2.46. The molecule has 0 bridgehead atoms. The van der Waals surface area contributed by atoms with Crippen molar-refractivity contribution in [1.82, 2.24) is 0 Å². The van der Waals surface area contributed by atoms with Crippen molar-refractivity contribution in [2.75, 3.05) is 0 Å². The molecule has 5 nitrogen and oxygen atoms in total. The van der Waals surface area contributed by atoms with E-state index >= 15 is 0 Å². The second-order valence-electron chi connectivity index (χ2n) is 4.11. The van der Waals surface area contributed by atoms with Gasteiger partial charge in [-0.05, 0) is 36.4 Å². The van der Waals surface area contributed by atoms with Crippen LogP contribution < -0.4 is 0 Å². The van der Waals surface area contributed by atoms with Crippen LogP contribution in [0.25, 0.3) is 0 Å². The van der Waals surface area contributed by atoms with Crippen molar-refractivity contribution in [3.05, 3.63) is 58.7 Å². The summed E-state index contributed by atoms with van der Waals surface area (Å²) in [5.74, 6) is -0.845. The van der Waals surface area contributed by atoms with Gasteiger partial charge in [0.05, 0.1) is 11.1 Å². The van der Waals surface area contributed by atoms with Crippen molar-refractivity contribution in [3.63, 3.8) is 0 Å². The van der Waals surface area contributed by atoms with Gasteiger partial charge in [-0.2, -0.15) is 0 Å². The third kappa shape index (κ3) is 2.42. The zero-order valence-corrected chi connectivity index (χ0v) is 10.2. The molecule has 2 N–H and O–H groups in total. The van der Waals surface area contributed by atoms with E-state index in [1.54, 1.807) is 0 Å². The number of hydrogen-bond acceptors (Lipinski definition) is 5. The predicted molar refractivity (Wildman–Crippen MR) is 70.4 cm³/mol. The monoisotopic (exact) mass is 270 g/mol. The lowest BCUT2D eigenvalue weighted by molar-refractivity contribution is 0.103. The van der Waals surface area contributed by atoms with Crippen molar-refractivity contribution in [2.45, 2.75) is 0 Å². The number of aromatic hydroxyl groups is 2. The van der Waals surface area contributed by atoms with Gasteiger partial charge in [0.15, 0.2) is 18.4 Å². The van der Waals surface area contributed by atoms with Crippen molar-refractivity contribution < 1.29 is 24.6 Å². The lowest BCUT2D eigenvalue weighted by Crippen LogP contribution is -2.03. The topological polar surface area (TPSA) is 91.7 Å². The average molecular weight is 270 g/mol. The van der Waals surface area contributed by atoms with Crippen molar-refractivity contribution in [2.24, 2.45) is 0 Å². The molecular formula is C15H10O5. The molecule has 5 heteroatoms. The first-order chi connectivity index (χ1) is 9.56. The van der Waals surface area contributed by atoms with Gasteiger partial charge in [-0.3, -0.25) is 14.4 Å². The molecule has 0 radical (unpaired) electrons. The van der Waals surface area contributed by atoms with Crippen molar-refractivity contribution in [3.8, 4) is 11.5 Å². The van der Waals surface area contributed by atoms with E-state index in [1.807, 2.05) is 0 Å². The van der Waals surface area contributed by atoms with Gasteiger partial charge in [0.1, 0.15) is 11.5 Å². The maximum Gasteiger partial charge on any atom is 0.193 e. The Labute approximate surface area is 114 Å². The van der Waals surface area contributed by atoms with Crippen LogP contribution in [-0.4, -0.2) is 28.6 Å². The molecule has 0 amide bonds. The van der Waals surface area contributed by atoms with Crippen LogP contribution in [0.4, 0.5) is 0 Å². The van der Waals surface area contributed by atoms with Crippen LogP contribution in [0.3, 0.4) is 0 Å². The molecule has 0 aliphatic rings. The van der Waals surface area contributed by atoms with Gasteiger partial charge < -0.3 is 10.2 Å². The van der Waals surface area contributed by atoms with E-state index in [9.17, 15) is 24.6 Å². The van der Waals surface area contributed by atoms with Crippen LogP contribution in [0.5, 0.6) is 11.5 Å². The number of aldehydes is 2. The van der Waals surface area contributed by atoms with Gasteiger partial charge in [0, 0.05) is 11.1 Å². The van der Waals surface area contributed by atoms with Crippen LogP contribution in [-0.2, 0) is 0 Å². The predicted octanol–water partition coefficient (Wildman–Crippen LogP) is 1.95. The zero-order chi connectivity index (χ0) is 14.7. The Morgan fingerprint density at radius 3 is 1.55 bits per heavy atom. The summed E-state index contributed by atoms with van der Waals surface area (Å²) < 4.78 is 0. The number of ketones is 1. The molecule has 0 unspecified atom stereocenters.